The number of anilines is 1. The van der Waals surface area contributed by atoms with Crippen LogP contribution in [0.4, 0.5) is 18.9 Å². The lowest BCUT2D eigenvalue weighted by atomic mass is 9.91. The van der Waals surface area contributed by atoms with Crippen LogP contribution in [0.2, 0.25) is 0 Å². The lowest BCUT2D eigenvalue weighted by Gasteiger charge is -2.47. The quantitative estimate of drug-likeness (QED) is 0.559. The molecule has 154 valence electrons. The maximum atomic E-state index is 15.4. The number of hydrogen-bond donors (Lipinski definition) is 2. The molecular weight excluding hydrogens is 389 g/mol. The Labute approximate surface area is 164 Å². The number of halogens is 3. The van der Waals surface area contributed by atoms with E-state index in [1.807, 2.05) is 0 Å². The molecule has 4 saturated heterocycles. The normalized spacial score (nSPS) is 28.8. The second-order valence-electron chi connectivity index (χ2n) is 8.03. The van der Waals surface area contributed by atoms with E-state index in [1.165, 1.54) is 0 Å². The standard InChI is InChI=1S/C19H19F3N4O3/c20-14-10-7-26(11-3-4-12(27)24-18(11)28)19(29)13(10)15(21)16(22)17(14)25-6-8-1-2-9(25)5-23-8/h8-9,11,23H,1-7H2,(H,24,27,28). The van der Waals surface area contributed by atoms with Gasteiger partial charge in [0.05, 0.1) is 12.1 Å². The highest BCUT2D eigenvalue weighted by Crippen LogP contribution is 2.40. The first kappa shape index (κ1) is 18.4. The second-order valence-corrected chi connectivity index (χ2v) is 8.03. The van der Waals surface area contributed by atoms with Gasteiger partial charge in [-0.25, -0.2) is 13.2 Å². The second kappa shape index (κ2) is 6.45. The number of carbonyl (C=O) groups excluding carboxylic acids is 3. The summed E-state index contributed by atoms with van der Waals surface area (Å²) in [7, 11) is 0. The maximum absolute atomic E-state index is 15.4. The molecule has 0 spiro atoms. The number of piperidine rings is 3. The van der Waals surface area contributed by atoms with Gasteiger partial charge in [0.1, 0.15) is 11.7 Å². The van der Waals surface area contributed by atoms with Gasteiger partial charge in [-0.3, -0.25) is 19.7 Å². The number of nitrogens with zero attached hydrogens (tertiary/aromatic N) is 2. The molecule has 4 fully saturated rings. The van der Waals surface area contributed by atoms with Crippen molar-refractivity contribution in [3.8, 4) is 0 Å². The lowest BCUT2D eigenvalue weighted by molar-refractivity contribution is -0.136. The zero-order valence-electron chi connectivity index (χ0n) is 15.4. The summed E-state index contributed by atoms with van der Waals surface area (Å²) in [6.07, 6.45) is 1.71. The molecule has 2 N–H and O–H groups in total. The highest BCUT2D eigenvalue weighted by molar-refractivity contribution is 6.05. The minimum absolute atomic E-state index is 0.0188. The number of amides is 3. The zero-order valence-corrected chi connectivity index (χ0v) is 15.4. The van der Waals surface area contributed by atoms with Gasteiger partial charge in [0, 0.05) is 37.2 Å². The Morgan fingerprint density at radius 1 is 0.931 bits per heavy atom. The number of hydrogen-bond acceptors (Lipinski definition) is 5. The number of nitrogens with one attached hydrogen (secondary N) is 2. The fraction of sp³-hybridized carbons (Fsp3) is 0.526. The molecule has 1 aromatic carbocycles. The van der Waals surface area contributed by atoms with Crippen molar-refractivity contribution in [3.05, 3.63) is 28.6 Å². The summed E-state index contributed by atoms with van der Waals surface area (Å²) < 4.78 is 45.2. The van der Waals surface area contributed by atoms with Crippen molar-refractivity contribution in [1.29, 1.82) is 0 Å². The monoisotopic (exact) mass is 408 g/mol. The molecule has 2 bridgehead atoms. The van der Waals surface area contributed by atoms with Crippen molar-refractivity contribution >= 4 is 23.4 Å². The van der Waals surface area contributed by atoms with Crippen molar-refractivity contribution in [3.63, 3.8) is 0 Å². The van der Waals surface area contributed by atoms with Gasteiger partial charge in [0.25, 0.3) is 5.91 Å². The van der Waals surface area contributed by atoms with Crippen LogP contribution in [-0.4, -0.2) is 53.8 Å². The number of benzene rings is 1. The summed E-state index contributed by atoms with van der Waals surface area (Å²) in [6.45, 7) is 0.585. The molecule has 5 aliphatic rings. The molecule has 1 aromatic rings. The Kier molecular flexibility index (Phi) is 4.09. The molecule has 3 atom stereocenters. The molecule has 7 nitrogen and oxygen atoms in total. The molecule has 5 aliphatic heterocycles. The van der Waals surface area contributed by atoms with Gasteiger partial charge in [0.2, 0.25) is 11.8 Å². The molecule has 0 radical (unpaired) electrons. The molecule has 29 heavy (non-hydrogen) atoms. The van der Waals surface area contributed by atoms with Gasteiger partial charge in [-0.2, -0.15) is 0 Å². The molecule has 3 amide bonds. The summed E-state index contributed by atoms with van der Waals surface area (Å²) in [5.41, 5.74) is -1.33. The predicted octanol–water partition coefficient (Wildman–Crippen LogP) is 0.806. The van der Waals surface area contributed by atoms with Crippen molar-refractivity contribution in [2.24, 2.45) is 0 Å². The van der Waals surface area contributed by atoms with E-state index in [0.717, 1.165) is 17.7 Å². The minimum Gasteiger partial charge on any atom is -0.361 e. The van der Waals surface area contributed by atoms with Crippen LogP contribution in [0, 0.1) is 17.5 Å². The molecule has 10 heteroatoms. The van der Waals surface area contributed by atoms with Gasteiger partial charge >= 0.3 is 0 Å². The van der Waals surface area contributed by atoms with E-state index in [1.54, 1.807) is 4.90 Å². The smallest absolute Gasteiger partial charge is 0.258 e. The van der Waals surface area contributed by atoms with E-state index in [4.69, 9.17) is 0 Å². The van der Waals surface area contributed by atoms with Crippen molar-refractivity contribution in [1.82, 2.24) is 15.5 Å². The third kappa shape index (κ3) is 2.65. The predicted molar refractivity (Wildman–Crippen MR) is 94.5 cm³/mol. The Bertz CT molecular complexity index is 945. The summed E-state index contributed by atoms with van der Waals surface area (Å²) in [5, 5.41) is 5.40. The first-order chi connectivity index (χ1) is 13.9. The molecule has 6 rings (SSSR count). The Morgan fingerprint density at radius 3 is 2.34 bits per heavy atom. The largest absolute Gasteiger partial charge is 0.361 e. The van der Waals surface area contributed by atoms with Gasteiger partial charge < -0.3 is 15.1 Å². The third-order valence-corrected chi connectivity index (χ3v) is 6.42. The number of imide groups is 1. The van der Waals surface area contributed by atoms with Crippen LogP contribution in [0.1, 0.15) is 41.6 Å². The van der Waals surface area contributed by atoms with Crippen LogP contribution < -0.4 is 15.5 Å². The number of piperazine rings is 1. The third-order valence-electron chi connectivity index (χ3n) is 6.42. The zero-order chi connectivity index (χ0) is 20.4. The van der Waals surface area contributed by atoms with Gasteiger partial charge in [-0.05, 0) is 19.3 Å². The lowest BCUT2D eigenvalue weighted by Crippen LogP contribution is -2.61. The summed E-state index contributed by atoms with van der Waals surface area (Å²) in [6, 6.07) is -1.09. The highest BCUT2D eigenvalue weighted by Gasteiger charge is 2.45. The Morgan fingerprint density at radius 2 is 1.72 bits per heavy atom. The minimum atomic E-state index is -1.38. The van der Waals surface area contributed by atoms with E-state index in [2.05, 4.69) is 10.6 Å². The SMILES string of the molecule is O=C1CCC(N2Cc3c(F)c(N4CC5CCC4CN5)c(F)c(F)c3C2=O)C(=O)N1. The van der Waals surface area contributed by atoms with Gasteiger partial charge in [0.15, 0.2) is 17.5 Å². The Balaban J connectivity index is 1.53. The van der Waals surface area contributed by atoms with E-state index in [-0.39, 0.29) is 37.0 Å². The van der Waals surface area contributed by atoms with Crippen LogP contribution in [0.25, 0.3) is 0 Å². The van der Waals surface area contributed by atoms with Crippen molar-refractivity contribution in [2.45, 2.75) is 50.4 Å². The fourth-order valence-corrected chi connectivity index (χ4v) is 4.92. The van der Waals surface area contributed by atoms with Gasteiger partial charge in [-0.1, -0.05) is 0 Å². The number of fused-ring (bicyclic) bond motifs is 4. The summed E-state index contributed by atoms with van der Waals surface area (Å²) in [4.78, 5) is 38.8. The van der Waals surface area contributed by atoms with Crippen LogP contribution in [0.3, 0.4) is 0 Å². The van der Waals surface area contributed by atoms with Crippen LogP contribution in [0.5, 0.6) is 0 Å². The van der Waals surface area contributed by atoms with Crippen LogP contribution in [0.15, 0.2) is 0 Å². The van der Waals surface area contributed by atoms with E-state index < -0.39 is 52.5 Å². The average molecular weight is 408 g/mol. The Hall–Kier alpha value is -2.62. The van der Waals surface area contributed by atoms with Crippen molar-refractivity contribution in [2.75, 3.05) is 18.0 Å². The van der Waals surface area contributed by atoms with E-state index in [9.17, 15) is 23.2 Å². The van der Waals surface area contributed by atoms with Crippen molar-refractivity contribution < 1.29 is 27.6 Å². The highest BCUT2D eigenvalue weighted by atomic mass is 19.2. The van der Waals surface area contributed by atoms with Crippen LogP contribution in [-0.2, 0) is 16.1 Å². The molecule has 0 saturated carbocycles. The first-order valence-corrected chi connectivity index (χ1v) is 9.70. The molecule has 0 aromatic heterocycles. The molecule has 0 aliphatic carbocycles. The summed E-state index contributed by atoms with van der Waals surface area (Å²) >= 11 is 0. The number of rotatable bonds is 2. The average Bonchev–Trinajstić information content (AvgIpc) is 3.05. The van der Waals surface area contributed by atoms with E-state index >= 15 is 4.39 Å². The molecular formula is C19H19F3N4O3. The fourth-order valence-electron chi connectivity index (χ4n) is 4.92. The topological polar surface area (TPSA) is 81.8 Å². The first-order valence-electron chi connectivity index (χ1n) is 9.70. The van der Waals surface area contributed by atoms with Gasteiger partial charge in [-0.15, -0.1) is 0 Å². The number of carbonyl (C=O) groups is 3. The van der Waals surface area contributed by atoms with Crippen LogP contribution >= 0.6 is 0 Å². The maximum Gasteiger partial charge on any atom is 0.258 e. The molecule has 5 heterocycles. The van der Waals surface area contributed by atoms with E-state index in [0.29, 0.717) is 13.1 Å². The molecule has 3 unspecified atom stereocenters. The summed E-state index contributed by atoms with van der Waals surface area (Å²) in [5.74, 6) is -5.79.